The number of hydrogen-bond donors (Lipinski definition) is 1. The summed E-state index contributed by atoms with van der Waals surface area (Å²) < 4.78 is 34.9. The molecule has 1 N–H and O–H groups in total. The van der Waals surface area contributed by atoms with Gasteiger partial charge in [-0.25, -0.2) is 12.7 Å². The number of aromatic nitrogens is 2. The molecule has 0 aliphatic rings. The molecule has 0 bridgehead atoms. The average molecular weight is 414 g/mol. The number of thioether (sulfide) groups is 1. The van der Waals surface area contributed by atoms with Gasteiger partial charge in [0.05, 0.1) is 18.6 Å². The molecule has 0 atom stereocenters. The molecule has 146 valence electrons. The van der Waals surface area contributed by atoms with Crippen LogP contribution in [0.1, 0.15) is 16.2 Å². The summed E-state index contributed by atoms with van der Waals surface area (Å²) in [4.78, 5) is 23.3. The van der Waals surface area contributed by atoms with E-state index in [4.69, 9.17) is 4.42 Å². The number of carbonyl (C=O) groups is 2. The largest absolute Gasteiger partial charge is 0.468 e. The van der Waals surface area contributed by atoms with Crippen LogP contribution in [0.3, 0.4) is 0 Å². The molecule has 0 saturated heterocycles. The minimum atomic E-state index is -3.55. The molecule has 12 heteroatoms. The topological polar surface area (TPSA) is 132 Å². The summed E-state index contributed by atoms with van der Waals surface area (Å²) >= 11 is 1.02. The van der Waals surface area contributed by atoms with Crippen LogP contribution in [0.2, 0.25) is 0 Å². The smallest absolute Gasteiger partial charge is 0.316 e. The minimum Gasteiger partial charge on any atom is -0.468 e. The van der Waals surface area contributed by atoms with Crippen LogP contribution in [-0.4, -0.2) is 61.8 Å². The van der Waals surface area contributed by atoms with Crippen LogP contribution >= 0.6 is 11.8 Å². The van der Waals surface area contributed by atoms with Gasteiger partial charge in [0, 0.05) is 19.7 Å². The maximum absolute atomic E-state index is 12.1. The lowest BCUT2D eigenvalue weighted by Gasteiger charge is -2.11. The highest BCUT2D eigenvalue weighted by molar-refractivity contribution is 7.99. The van der Waals surface area contributed by atoms with Crippen molar-refractivity contribution in [3.63, 3.8) is 0 Å². The number of nitrogens with zero attached hydrogens (tertiary/aromatic N) is 3. The number of esters is 1. The fraction of sp³-hybridized carbons (Fsp3) is 0.333. The van der Waals surface area contributed by atoms with Crippen molar-refractivity contribution in [2.24, 2.45) is 0 Å². The minimum absolute atomic E-state index is 0.0115. The molecule has 0 saturated carbocycles. The van der Waals surface area contributed by atoms with Gasteiger partial charge in [0.25, 0.3) is 11.1 Å². The second kappa shape index (κ2) is 8.97. The lowest BCUT2D eigenvalue weighted by atomic mass is 10.2. The molecular weight excluding hydrogens is 396 g/mol. The van der Waals surface area contributed by atoms with E-state index in [1.807, 2.05) is 0 Å². The highest BCUT2D eigenvalue weighted by atomic mass is 32.2. The average Bonchev–Trinajstić information content (AvgIpc) is 3.12. The van der Waals surface area contributed by atoms with Gasteiger partial charge in [0.2, 0.25) is 15.9 Å². The predicted octanol–water partition coefficient (Wildman–Crippen LogP) is 0.515. The number of hydrogen-bond acceptors (Lipinski definition) is 9. The third-order valence-corrected chi connectivity index (χ3v) is 5.91. The number of carbonyl (C=O) groups excluding carboxylic acids is 2. The molecule has 1 amide bonds. The summed E-state index contributed by atoms with van der Waals surface area (Å²) in [6.45, 7) is -0.0115. The van der Waals surface area contributed by atoms with Crippen LogP contribution in [0.5, 0.6) is 0 Å². The summed E-state index contributed by atoms with van der Waals surface area (Å²) in [5, 5.41) is 10.3. The lowest BCUT2D eigenvalue weighted by Crippen LogP contribution is -2.24. The van der Waals surface area contributed by atoms with Gasteiger partial charge in [0.15, 0.2) is 0 Å². The maximum atomic E-state index is 12.1. The molecule has 0 aliphatic carbocycles. The number of amides is 1. The van der Waals surface area contributed by atoms with Crippen molar-refractivity contribution in [2.75, 3.05) is 27.0 Å². The normalized spacial score (nSPS) is 11.4. The van der Waals surface area contributed by atoms with Crippen molar-refractivity contribution in [1.29, 1.82) is 0 Å². The Balaban J connectivity index is 1.92. The fourth-order valence-electron chi connectivity index (χ4n) is 1.79. The first-order chi connectivity index (χ1) is 12.7. The number of sulfonamides is 1. The summed E-state index contributed by atoms with van der Waals surface area (Å²) in [5.74, 6) is -0.645. The summed E-state index contributed by atoms with van der Waals surface area (Å²) in [5.41, 5.74) is 0.285. The number of rotatable bonds is 8. The molecule has 0 aliphatic heterocycles. The van der Waals surface area contributed by atoms with Crippen molar-refractivity contribution < 1.29 is 27.2 Å². The Morgan fingerprint density at radius 3 is 2.48 bits per heavy atom. The van der Waals surface area contributed by atoms with Crippen LogP contribution in [0.25, 0.3) is 0 Å². The first-order valence-electron chi connectivity index (χ1n) is 7.57. The molecule has 1 heterocycles. The third-order valence-electron chi connectivity index (χ3n) is 3.28. The van der Waals surface area contributed by atoms with Gasteiger partial charge >= 0.3 is 5.97 Å². The Kier molecular flexibility index (Phi) is 6.93. The van der Waals surface area contributed by atoms with Crippen LogP contribution < -0.4 is 5.32 Å². The molecule has 0 spiro atoms. The van der Waals surface area contributed by atoms with Gasteiger partial charge in [-0.05, 0) is 24.3 Å². The van der Waals surface area contributed by atoms with Gasteiger partial charge in [0.1, 0.15) is 5.75 Å². The zero-order valence-corrected chi connectivity index (χ0v) is 16.5. The predicted molar refractivity (Wildman–Crippen MR) is 95.5 cm³/mol. The van der Waals surface area contributed by atoms with E-state index in [9.17, 15) is 18.0 Å². The van der Waals surface area contributed by atoms with E-state index in [0.29, 0.717) is 0 Å². The van der Waals surface area contributed by atoms with Crippen LogP contribution in [-0.2, 0) is 26.1 Å². The molecule has 0 unspecified atom stereocenters. The van der Waals surface area contributed by atoms with E-state index >= 15 is 0 Å². The number of ether oxygens (including phenoxy) is 1. The highest BCUT2D eigenvalue weighted by Gasteiger charge is 2.18. The van der Waals surface area contributed by atoms with Crippen molar-refractivity contribution in [3.8, 4) is 0 Å². The van der Waals surface area contributed by atoms with E-state index in [-0.39, 0.29) is 33.9 Å². The van der Waals surface area contributed by atoms with Gasteiger partial charge < -0.3 is 14.5 Å². The van der Waals surface area contributed by atoms with Gasteiger partial charge in [-0.3, -0.25) is 9.59 Å². The molecule has 1 aromatic carbocycles. The third kappa shape index (κ3) is 5.52. The Morgan fingerprint density at radius 1 is 1.22 bits per heavy atom. The fourth-order valence-corrected chi connectivity index (χ4v) is 3.31. The first-order valence-corrected chi connectivity index (χ1v) is 9.99. The Labute approximate surface area is 160 Å². The van der Waals surface area contributed by atoms with Gasteiger partial charge in [-0.1, -0.05) is 11.8 Å². The second-order valence-corrected chi connectivity index (χ2v) is 8.40. The Hall–Kier alpha value is -2.44. The molecule has 1 aromatic heterocycles. The number of methoxy groups -OCH3 is 1. The van der Waals surface area contributed by atoms with Crippen molar-refractivity contribution in [1.82, 2.24) is 19.8 Å². The quantitative estimate of drug-likeness (QED) is 0.485. The maximum Gasteiger partial charge on any atom is 0.316 e. The van der Waals surface area contributed by atoms with Gasteiger partial charge in [-0.15, -0.1) is 10.2 Å². The standard InChI is InChI=1S/C15H18N4O6S2/c1-19(2)27(22,23)11-6-4-10(5-7-11)14(21)16-8-12-17-18-15(25-12)26-9-13(20)24-3/h4-7H,8-9H2,1-3H3,(H,16,21). The number of benzene rings is 1. The second-order valence-electron chi connectivity index (χ2n) is 5.32. The van der Waals surface area contributed by atoms with E-state index in [1.54, 1.807) is 0 Å². The van der Waals surface area contributed by atoms with E-state index in [0.717, 1.165) is 16.1 Å². The van der Waals surface area contributed by atoms with Crippen LogP contribution in [0, 0.1) is 0 Å². The molecular formula is C15H18N4O6S2. The summed E-state index contributed by atoms with van der Waals surface area (Å²) in [6.07, 6.45) is 0. The molecule has 0 radical (unpaired) electrons. The van der Waals surface area contributed by atoms with Crippen molar-refractivity contribution in [2.45, 2.75) is 16.7 Å². The van der Waals surface area contributed by atoms with Gasteiger partial charge in [-0.2, -0.15) is 0 Å². The van der Waals surface area contributed by atoms with Crippen LogP contribution in [0.15, 0.2) is 38.8 Å². The highest BCUT2D eigenvalue weighted by Crippen LogP contribution is 2.16. The Bertz CT molecular complexity index is 909. The zero-order chi connectivity index (χ0) is 20.0. The van der Waals surface area contributed by atoms with Crippen molar-refractivity contribution in [3.05, 3.63) is 35.7 Å². The molecule has 2 rings (SSSR count). The van der Waals surface area contributed by atoms with E-state index in [2.05, 4.69) is 20.3 Å². The monoisotopic (exact) mass is 414 g/mol. The number of nitrogens with one attached hydrogen (secondary N) is 1. The van der Waals surface area contributed by atoms with Crippen molar-refractivity contribution >= 4 is 33.7 Å². The lowest BCUT2D eigenvalue weighted by molar-refractivity contribution is -0.137. The molecule has 27 heavy (non-hydrogen) atoms. The van der Waals surface area contributed by atoms with E-state index in [1.165, 1.54) is 45.5 Å². The SMILES string of the molecule is COC(=O)CSc1nnc(CNC(=O)c2ccc(S(=O)(=O)N(C)C)cc2)o1. The summed E-state index contributed by atoms with van der Waals surface area (Å²) in [6, 6.07) is 5.55. The van der Waals surface area contributed by atoms with E-state index < -0.39 is 21.9 Å². The van der Waals surface area contributed by atoms with Crippen LogP contribution in [0.4, 0.5) is 0 Å². The Morgan fingerprint density at radius 2 is 1.89 bits per heavy atom. The summed E-state index contributed by atoms with van der Waals surface area (Å²) in [7, 11) is 0.583. The first kappa shape index (κ1) is 20.9. The molecule has 2 aromatic rings. The zero-order valence-electron chi connectivity index (χ0n) is 14.8. The molecule has 10 nitrogen and oxygen atoms in total. The molecule has 0 fully saturated rings.